The van der Waals surface area contributed by atoms with Crippen molar-refractivity contribution in [1.29, 1.82) is 0 Å². The number of carbonyl (C=O) groups excluding carboxylic acids is 2. The van der Waals surface area contributed by atoms with Crippen molar-refractivity contribution >= 4 is 11.8 Å². The summed E-state index contributed by atoms with van der Waals surface area (Å²) in [6.07, 6.45) is 7.07. The Morgan fingerprint density at radius 2 is 1.53 bits per heavy atom. The van der Waals surface area contributed by atoms with Crippen molar-refractivity contribution in [3.05, 3.63) is 0 Å². The molecule has 2 saturated carbocycles. The molecular formula is C15H22N2O2. The Labute approximate surface area is 113 Å². The van der Waals surface area contributed by atoms with Crippen molar-refractivity contribution in [2.24, 2.45) is 17.3 Å². The van der Waals surface area contributed by atoms with E-state index < -0.39 is 0 Å². The van der Waals surface area contributed by atoms with Crippen LogP contribution in [0.5, 0.6) is 0 Å². The summed E-state index contributed by atoms with van der Waals surface area (Å²) in [7, 11) is 0. The molecule has 2 aliphatic heterocycles. The standard InChI is InChI=1S/C15H22N2O2/c18-12-6-15(4-2-1-3-5-15)7-13(19)17(12)14-10-8-16-9-11(10)14/h10-11,14,16H,1-9H2. The van der Waals surface area contributed by atoms with Crippen LogP contribution in [0.15, 0.2) is 0 Å². The summed E-state index contributed by atoms with van der Waals surface area (Å²) >= 11 is 0. The Morgan fingerprint density at radius 3 is 2.11 bits per heavy atom. The van der Waals surface area contributed by atoms with Gasteiger partial charge in [-0.1, -0.05) is 19.3 Å². The van der Waals surface area contributed by atoms with Crippen LogP contribution in [0.1, 0.15) is 44.9 Å². The number of rotatable bonds is 1. The van der Waals surface area contributed by atoms with E-state index in [-0.39, 0.29) is 23.3 Å². The molecule has 2 atom stereocenters. The monoisotopic (exact) mass is 262 g/mol. The van der Waals surface area contributed by atoms with E-state index in [9.17, 15) is 9.59 Å². The van der Waals surface area contributed by atoms with Crippen LogP contribution >= 0.6 is 0 Å². The number of imide groups is 1. The molecule has 4 rings (SSSR count). The molecule has 2 saturated heterocycles. The van der Waals surface area contributed by atoms with Crippen LogP contribution in [0, 0.1) is 17.3 Å². The SMILES string of the molecule is O=C1CC2(CCCCC2)CC(=O)N1C1C2CNCC21. The summed E-state index contributed by atoms with van der Waals surface area (Å²) in [6.45, 7) is 1.97. The molecule has 0 aromatic rings. The quantitative estimate of drug-likeness (QED) is 0.725. The number of hydrogen-bond donors (Lipinski definition) is 1. The van der Waals surface area contributed by atoms with Gasteiger partial charge in [-0.3, -0.25) is 14.5 Å². The number of fused-ring (bicyclic) bond motifs is 1. The minimum atomic E-state index is 0.0329. The smallest absolute Gasteiger partial charge is 0.230 e. The molecule has 4 heteroatoms. The highest BCUT2D eigenvalue weighted by Gasteiger charge is 2.60. The molecule has 0 bridgehead atoms. The first-order valence-corrected chi connectivity index (χ1v) is 7.76. The van der Waals surface area contributed by atoms with Crippen LogP contribution in [0.25, 0.3) is 0 Å². The van der Waals surface area contributed by atoms with E-state index in [2.05, 4.69) is 5.32 Å². The van der Waals surface area contributed by atoms with E-state index in [1.54, 1.807) is 4.90 Å². The molecule has 0 radical (unpaired) electrons. The summed E-state index contributed by atoms with van der Waals surface area (Å²) in [5.74, 6) is 1.34. The van der Waals surface area contributed by atoms with Gasteiger partial charge in [0.25, 0.3) is 0 Å². The average molecular weight is 262 g/mol. The van der Waals surface area contributed by atoms with E-state index in [0.29, 0.717) is 24.7 Å². The fourth-order valence-electron chi connectivity index (χ4n) is 4.77. The van der Waals surface area contributed by atoms with Crippen molar-refractivity contribution in [1.82, 2.24) is 10.2 Å². The number of hydrogen-bond acceptors (Lipinski definition) is 3. The van der Waals surface area contributed by atoms with Crippen molar-refractivity contribution in [2.45, 2.75) is 51.0 Å². The van der Waals surface area contributed by atoms with Gasteiger partial charge in [0.15, 0.2) is 0 Å². The first-order chi connectivity index (χ1) is 9.20. The van der Waals surface area contributed by atoms with Crippen molar-refractivity contribution in [3.63, 3.8) is 0 Å². The first kappa shape index (κ1) is 11.9. The summed E-state index contributed by atoms with van der Waals surface area (Å²) in [6, 6.07) is 0.238. The number of amides is 2. The zero-order chi connectivity index (χ0) is 13.0. The van der Waals surface area contributed by atoms with E-state index in [1.807, 2.05) is 0 Å². The maximum absolute atomic E-state index is 12.5. The Hall–Kier alpha value is -0.900. The van der Waals surface area contributed by atoms with Gasteiger partial charge in [-0.25, -0.2) is 0 Å². The molecule has 19 heavy (non-hydrogen) atoms. The fourth-order valence-corrected chi connectivity index (χ4v) is 4.77. The molecule has 104 valence electrons. The number of likely N-dealkylation sites (tertiary alicyclic amines) is 1. The lowest BCUT2D eigenvalue weighted by Gasteiger charge is -2.42. The van der Waals surface area contributed by atoms with Crippen molar-refractivity contribution in [3.8, 4) is 0 Å². The molecule has 2 unspecified atom stereocenters. The van der Waals surface area contributed by atoms with E-state index in [0.717, 1.165) is 25.9 Å². The molecule has 2 amide bonds. The molecule has 1 spiro atoms. The highest BCUT2D eigenvalue weighted by atomic mass is 16.2. The van der Waals surface area contributed by atoms with Gasteiger partial charge in [-0.15, -0.1) is 0 Å². The predicted octanol–water partition coefficient (Wildman–Crippen LogP) is 1.30. The van der Waals surface area contributed by atoms with E-state index >= 15 is 0 Å². The summed E-state index contributed by atoms with van der Waals surface area (Å²) < 4.78 is 0. The highest BCUT2D eigenvalue weighted by Crippen LogP contribution is 2.51. The molecule has 0 aromatic heterocycles. The predicted molar refractivity (Wildman–Crippen MR) is 70.2 cm³/mol. The minimum Gasteiger partial charge on any atom is -0.316 e. The third-order valence-corrected chi connectivity index (χ3v) is 5.85. The maximum atomic E-state index is 12.5. The van der Waals surface area contributed by atoms with Gasteiger partial charge in [0.05, 0.1) is 0 Å². The lowest BCUT2D eigenvalue weighted by atomic mass is 9.67. The number of nitrogens with zero attached hydrogens (tertiary/aromatic N) is 1. The Kier molecular flexibility index (Phi) is 2.53. The van der Waals surface area contributed by atoms with Gasteiger partial charge < -0.3 is 5.32 Å². The lowest BCUT2D eigenvalue weighted by Crippen LogP contribution is -2.51. The number of nitrogens with one attached hydrogen (secondary N) is 1. The first-order valence-electron chi connectivity index (χ1n) is 7.76. The fraction of sp³-hybridized carbons (Fsp3) is 0.867. The number of piperidine rings is 2. The van der Waals surface area contributed by atoms with Crippen LogP contribution in [0.2, 0.25) is 0 Å². The second-order valence-electron chi connectivity index (χ2n) is 7.05. The van der Waals surface area contributed by atoms with Crippen molar-refractivity contribution in [2.75, 3.05) is 13.1 Å². The van der Waals surface area contributed by atoms with E-state index in [1.165, 1.54) is 19.3 Å². The third kappa shape index (κ3) is 1.76. The van der Waals surface area contributed by atoms with Gasteiger partial charge in [0.2, 0.25) is 11.8 Å². The summed E-state index contributed by atoms with van der Waals surface area (Å²) in [4.78, 5) is 26.6. The Morgan fingerprint density at radius 1 is 0.947 bits per heavy atom. The van der Waals surface area contributed by atoms with Gasteiger partial charge in [0, 0.05) is 32.0 Å². The lowest BCUT2D eigenvalue weighted by molar-refractivity contribution is -0.156. The van der Waals surface area contributed by atoms with Crippen molar-refractivity contribution < 1.29 is 9.59 Å². The zero-order valence-electron chi connectivity index (χ0n) is 11.4. The second-order valence-corrected chi connectivity index (χ2v) is 7.05. The number of carbonyl (C=O) groups is 2. The second kappa shape index (κ2) is 4.05. The summed E-state index contributed by atoms with van der Waals surface area (Å²) in [5, 5.41) is 3.33. The summed E-state index contributed by atoms with van der Waals surface area (Å²) in [5.41, 5.74) is 0.0329. The largest absolute Gasteiger partial charge is 0.316 e. The molecule has 4 aliphatic rings. The van der Waals surface area contributed by atoms with Gasteiger partial charge >= 0.3 is 0 Å². The van der Waals surface area contributed by atoms with Crippen LogP contribution in [0.3, 0.4) is 0 Å². The molecule has 4 fully saturated rings. The minimum absolute atomic E-state index is 0.0329. The van der Waals surface area contributed by atoms with Crippen LogP contribution in [-0.4, -0.2) is 35.8 Å². The molecule has 4 nitrogen and oxygen atoms in total. The van der Waals surface area contributed by atoms with Gasteiger partial charge in [-0.05, 0) is 30.1 Å². The molecule has 2 heterocycles. The highest BCUT2D eigenvalue weighted by molar-refractivity contribution is 5.99. The van der Waals surface area contributed by atoms with E-state index in [4.69, 9.17) is 0 Å². The van der Waals surface area contributed by atoms with Gasteiger partial charge in [-0.2, -0.15) is 0 Å². The van der Waals surface area contributed by atoms with Gasteiger partial charge in [0.1, 0.15) is 0 Å². The average Bonchev–Trinajstić information content (AvgIpc) is 2.83. The van der Waals surface area contributed by atoms with Crippen LogP contribution in [0.4, 0.5) is 0 Å². The Balaban J connectivity index is 1.51. The van der Waals surface area contributed by atoms with Crippen LogP contribution < -0.4 is 5.32 Å². The maximum Gasteiger partial charge on any atom is 0.230 e. The molecule has 1 N–H and O–H groups in total. The normalized spacial score (nSPS) is 40.6. The third-order valence-electron chi connectivity index (χ3n) is 5.85. The van der Waals surface area contributed by atoms with Crippen LogP contribution in [-0.2, 0) is 9.59 Å². The Bertz CT molecular complexity index is 398. The zero-order valence-corrected chi connectivity index (χ0v) is 11.4. The topological polar surface area (TPSA) is 49.4 Å². The molecule has 2 aliphatic carbocycles. The molecule has 0 aromatic carbocycles. The molecular weight excluding hydrogens is 240 g/mol.